The first-order valence-electron chi connectivity index (χ1n) is 11.7. The molecule has 0 saturated heterocycles. The normalized spacial score (nSPS) is 18.3. The summed E-state index contributed by atoms with van der Waals surface area (Å²) in [6.45, 7) is 2.32. The molecule has 12 heteroatoms. The summed E-state index contributed by atoms with van der Waals surface area (Å²) in [6, 6.07) is 2.89. The Morgan fingerprint density at radius 1 is 1.17 bits per heavy atom. The maximum Gasteiger partial charge on any atom is 0.417 e. The third kappa shape index (κ3) is 3.78. The lowest BCUT2D eigenvalue weighted by Gasteiger charge is -2.08. The van der Waals surface area contributed by atoms with E-state index >= 15 is 0 Å². The van der Waals surface area contributed by atoms with E-state index in [1.807, 2.05) is 13.0 Å². The van der Waals surface area contributed by atoms with Crippen molar-refractivity contribution >= 4 is 26.5 Å². The van der Waals surface area contributed by atoms with Gasteiger partial charge in [-0.1, -0.05) is 6.92 Å². The number of halogens is 3. The molecule has 1 atom stereocenters. The van der Waals surface area contributed by atoms with Crippen molar-refractivity contribution in [2.45, 2.75) is 49.7 Å². The van der Waals surface area contributed by atoms with Gasteiger partial charge in [-0.2, -0.15) is 18.3 Å². The predicted octanol–water partition coefficient (Wildman–Crippen LogP) is 4.83. The Labute approximate surface area is 199 Å². The smallest absolute Gasteiger partial charge is 0.312 e. The van der Waals surface area contributed by atoms with Crippen LogP contribution in [0.5, 0.6) is 0 Å². The van der Waals surface area contributed by atoms with E-state index in [1.54, 1.807) is 22.3 Å². The molecule has 0 spiro atoms. The highest BCUT2D eigenvalue weighted by atomic mass is 32.2. The lowest BCUT2D eigenvalue weighted by molar-refractivity contribution is -0.137. The lowest BCUT2D eigenvalue weighted by Crippen LogP contribution is -2.09. The third-order valence-electron chi connectivity index (χ3n) is 6.70. The first kappa shape index (κ1) is 22.4. The fraction of sp³-hybridized carbons (Fsp3) is 0.478. The van der Waals surface area contributed by atoms with E-state index in [0.717, 1.165) is 43.6 Å². The van der Waals surface area contributed by atoms with Crippen LogP contribution in [0.2, 0.25) is 0 Å². The van der Waals surface area contributed by atoms with Gasteiger partial charge in [-0.05, 0) is 43.7 Å². The average molecular weight is 504 g/mol. The van der Waals surface area contributed by atoms with Gasteiger partial charge in [-0.25, -0.2) is 28.0 Å². The van der Waals surface area contributed by atoms with E-state index < -0.39 is 21.5 Å². The van der Waals surface area contributed by atoms with Crippen LogP contribution >= 0.6 is 0 Å². The number of imidazole rings is 1. The van der Waals surface area contributed by atoms with E-state index in [0.29, 0.717) is 35.4 Å². The highest BCUT2D eigenvalue weighted by molar-refractivity contribution is 7.93. The minimum Gasteiger partial charge on any atom is -0.312 e. The van der Waals surface area contributed by atoms with Gasteiger partial charge in [-0.3, -0.25) is 0 Å². The van der Waals surface area contributed by atoms with Gasteiger partial charge in [-0.15, -0.1) is 0 Å². The van der Waals surface area contributed by atoms with E-state index in [2.05, 4.69) is 19.3 Å². The third-order valence-corrected chi connectivity index (χ3v) is 8.94. The van der Waals surface area contributed by atoms with Crippen LogP contribution in [0.15, 0.2) is 33.9 Å². The Morgan fingerprint density at radius 2 is 1.94 bits per heavy atom. The summed E-state index contributed by atoms with van der Waals surface area (Å²) in [5.41, 5.74) is 1.39. The number of aromatic nitrogens is 6. The second kappa shape index (κ2) is 7.74. The molecule has 8 nitrogen and oxygen atoms in total. The molecule has 4 heterocycles. The SMILES string of the molecule is CCS(=O)(=NCC1CC1)c1nn2c(C3CC3)ccnc2c1-c1nc2cc(C(F)(F)F)cnc2n1C. The molecule has 0 radical (unpaired) electrons. The van der Waals surface area contributed by atoms with Crippen molar-refractivity contribution in [3.8, 4) is 11.4 Å². The minimum absolute atomic E-state index is 0.0962. The summed E-state index contributed by atoms with van der Waals surface area (Å²) in [7, 11) is -1.23. The Bertz CT molecular complexity index is 1590. The lowest BCUT2D eigenvalue weighted by atomic mass is 10.2. The molecule has 4 aromatic heterocycles. The molecule has 2 aliphatic rings. The minimum atomic E-state index is -4.53. The van der Waals surface area contributed by atoms with Crippen LogP contribution in [-0.4, -0.2) is 45.6 Å². The number of rotatable bonds is 6. The van der Waals surface area contributed by atoms with Crippen molar-refractivity contribution in [1.82, 2.24) is 29.1 Å². The molecule has 0 aromatic carbocycles. The highest BCUT2D eigenvalue weighted by Gasteiger charge is 2.34. The van der Waals surface area contributed by atoms with Gasteiger partial charge >= 0.3 is 6.18 Å². The van der Waals surface area contributed by atoms with Crippen LogP contribution in [0.1, 0.15) is 49.8 Å². The Morgan fingerprint density at radius 3 is 2.60 bits per heavy atom. The van der Waals surface area contributed by atoms with E-state index in [4.69, 9.17) is 5.10 Å². The summed E-state index contributed by atoms with van der Waals surface area (Å²) in [4.78, 5) is 13.1. The van der Waals surface area contributed by atoms with Crippen LogP contribution in [0.4, 0.5) is 13.2 Å². The molecular weight excluding hydrogens is 479 g/mol. The summed E-state index contributed by atoms with van der Waals surface area (Å²) < 4.78 is 62.1. The highest BCUT2D eigenvalue weighted by Crippen LogP contribution is 2.42. The molecule has 184 valence electrons. The quantitative estimate of drug-likeness (QED) is 0.376. The fourth-order valence-corrected chi connectivity index (χ4v) is 6.06. The predicted molar refractivity (Wildman–Crippen MR) is 124 cm³/mol. The number of hydrogen-bond acceptors (Lipinski definition) is 6. The molecular formula is C23H24F3N7OS. The number of hydrogen-bond donors (Lipinski definition) is 0. The van der Waals surface area contributed by atoms with E-state index in [-0.39, 0.29) is 21.9 Å². The molecule has 1 unspecified atom stereocenters. The van der Waals surface area contributed by atoms with Crippen LogP contribution in [-0.2, 0) is 23.0 Å². The van der Waals surface area contributed by atoms with Gasteiger partial charge in [0.2, 0.25) is 0 Å². The van der Waals surface area contributed by atoms with Crippen molar-refractivity contribution in [3.63, 3.8) is 0 Å². The van der Waals surface area contributed by atoms with Crippen LogP contribution in [0, 0.1) is 5.92 Å². The van der Waals surface area contributed by atoms with Gasteiger partial charge in [0.1, 0.15) is 11.3 Å². The first-order chi connectivity index (χ1) is 16.7. The van der Waals surface area contributed by atoms with Crippen LogP contribution in [0.3, 0.4) is 0 Å². The molecule has 2 aliphatic carbocycles. The molecule has 0 amide bonds. The summed E-state index contributed by atoms with van der Waals surface area (Å²) in [6.07, 6.45) is 2.18. The zero-order chi connectivity index (χ0) is 24.5. The van der Waals surface area contributed by atoms with Gasteiger partial charge in [0, 0.05) is 36.8 Å². The molecule has 35 heavy (non-hydrogen) atoms. The number of alkyl halides is 3. The number of nitrogens with zero attached hydrogens (tertiary/aromatic N) is 7. The Kier molecular flexibility index (Phi) is 4.96. The molecule has 0 bridgehead atoms. The molecule has 4 aromatic rings. The molecule has 6 rings (SSSR count). The Hall–Kier alpha value is -3.02. The van der Waals surface area contributed by atoms with Crippen molar-refractivity contribution in [3.05, 3.63) is 35.8 Å². The summed E-state index contributed by atoms with van der Waals surface area (Å²) >= 11 is 0. The van der Waals surface area contributed by atoms with Crippen molar-refractivity contribution in [2.75, 3.05) is 12.3 Å². The molecule has 2 saturated carbocycles. The fourth-order valence-electron chi connectivity index (χ4n) is 4.32. The van der Waals surface area contributed by atoms with Crippen LogP contribution < -0.4 is 0 Å². The summed E-state index contributed by atoms with van der Waals surface area (Å²) in [5, 5.41) is 5.08. The molecule has 0 aliphatic heterocycles. The van der Waals surface area contributed by atoms with Crippen LogP contribution in [0.25, 0.3) is 28.2 Å². The second-order valence-corrected chi connectivity index (χ2v) is 11.8. The summed E-state index contributed by atoms with van der Waals surface area (Å²) in [5.74, 6) is 1.37. The van der Waals surface area contributed by atoms with Crippen molar-refractivity contribution in [1.29, 1.82) is 0 Å². The standard InChI is InChI=1S/C23H24F3N7OS/c1-3-35(34,29-11-13-4-5-13)22-18(20-27-9-8-17(14-6-7-14)33(20)31-22)21-30-16-10-15(23(24,25)26)12-28-19(16)32(21)2/h8-10,12-14H,3-7,11H2,1-2H3. The monoisotopic (exact) mass is 503 g/mol. The van der Waals surface area contributed by atoms with Crippen molar-refractivity contribution in [2.24, 2.45) is 17.3 Å². The number of fused-ring (bicyclic) bond motifs is 2. The van der Waals surface area contributed by atoms with Gasteiger partial charge in [0.25, 0.3) is 0 Å². The second-order valence-electron chi connectivity index (χ2n) is 9.30. The Balaban J connectivity index is 1.64. The topological polar surface area (TPSA) is 90.3 Å². The largest absolute Gasteiger partial charge is 0.417 e. The average Bonchev–Trinajstić information content (AvgIpc) is 3.76. The van der Waals surface area contributed by atoms with Gasteiger partial charge in [0.05, 0.1) is 27.4 Å². The molecule has 0 N–H and O–H groups in total. The molecule has 2 fully saturated rings. The first-order valence-corrected chi connectivity index (χ1v) is 13.4. The maximum absolute atomic E-state index is 14.2. The van der Waals surface area contributed by atoms with Gasteiger partial charge < -0.3 is 4.57 Å². The zero-order valence-electron chi connectivity index (χ0n) is 19.3. The number of aryl methyl sites for hydroxylation is 1. The van der Waals surface area contributed by atoms with Crippen molar-refractivity contribution < 1.29 is 17.4 Å². The number of pyridine rings is 1. The zero-order valence-corrected chi connectivity index (χ0v) is 20.1. The maximum atomic E-state index is 14.2. The van der Waals surface area contributed by atoms with Gasteiger partial charge in [0.15, 0.2) is 16.3 Å². The van der Waals surface area contributed by atoms with E-state index in [1.165, 1.54) is 0 Å². The van der Waals surface area contributed by atoms with E-state index in [9.17, 15) is 17.4 Å².